The number of unbranched alkanes of at least 4 members (excludes halogenated alkanes) is 18. The van der Waals surface area contributed by atoms with Crippen LogP contribution in [-0.2, 0) is 28.6 Å². The minimum absolute atomic E-state index is 0.100. The van der Waals surface area contributed by atoms with Crippen molar-refractivity contribution in [2.75, 3.05) is 13.2 Å². The van der Waals surface area contributed by atoms with Crippen LogP contribution in [0.5, 0.6) is 0 Å². The maximum atomic E-state index is 12.8. The summed E-state index contributed by atoms with van der Waals surface area (Å²) in [5.41, 5.74) is 0. The molecule has 0 rings (SSSR count). The van der Waals surface area contributed by atoms with Crippen LogP contribution in [0.2, 0.25) is 0 Å². The van der Waals surface area contributed by atoms with Crippen LogP contribution in [0.15, 0.2) is 97.2 Å². The fourth-order valence-corrected chi connectivity index (χ4v) is 6.73. The molecule has 0 bridgehead atoms. The summed E-state index contributed by atoms with van der Waals surface area (Å²) in [6.07, 6.45) is 66.8. The van der Waals surface area contributed by atoms with Crippen LogP contribution in [0.1, 0.15) is 226 Å². The van der Waals surface area contributed by atoms with Crippen LogP contribution in [0.3, 0.4) is 0 Å². The first-order valence-corrected chi connectivity index (χ1v) is 25.7. The second kappa shape index (κ2) is 51.0. The number of hydrogen-bond acceptors (Lipinski definition) is 6. The third-order valence-electron chi connectivity index (χ3n) is 10.6. The average Bonchev–Trinajstić information content (AvgIpc) is 3.28. The van der Waals surface area contributed by atoms with E-state index in [1.165, 1.54) is 64.2 Å². The quantitative estimate of drug-likeness (QED) is 0.0262. The second-order valence-electron chi connectivity index (χ2n) is 16.7. The molecule has 6 nitrogen and oxygen atoms in total. The molecule has 0 aromatic carbocycles. The number of ether oxygens (including phenoxy) is 3. The van der Waals surface area contributed by atoms with Crippen molar-refractivity contribution < 1.29 is 28.6 Å². The zero-order valence-electron chi connectivity index (χ0n) is 40.8. The van der Waals surface area contributed by atoms with Crippen LogP contribution in [0.25, 0.3) is 0 Å². The third kappa shape index (κ3) is 49.2. The van der Waals surface area contributed by atoms with Gasteiger partial charge in [0.25, 0.3) is 0 Å². The van der Waals surface area contributed by atoms with E-state index in [0.29, 0.717) is 19.3 Å². The van der Waals surface area contributed by atoms with Crippen molar-refractivity contribution >= 4 is 17.9 Å². The number of carbonyl (C=O) groups is 3. The van der Waals surface area contributed by atoms with E-state index in [-0.39, 0.29) is 31.1 Å². The van der Waals surface area contributed by atoms with Gasteiger partial charge < -0.3 is 14.2 Å². The smallest absolute Gasteiger partial charge is 0.306 e. The van der Waals surface area contributed by atoms with E-state index in [1.807, 2.05) is 0 Å². The van der Waals surface area contributed by atoms with Gasteiger partial charge in [-0.3, -0.25) is 14.4 Å². The highest BCUT2D eigenvalue weighted by Gasteiger charge is 2.19. The number of allylic oxidation sites excluding steroid dienone is 16. The van der Waals surface area contributed by atoms with Crippen molar-refractivity contribution in [2.45, 2.75) is 232 Å². The molecule has 63 heavy (non-hydrogen) atoms. The van der Waals surface area contributed by atoms with Gasteiger partial charge in [-0.1, -0.05) is 189 Å². The molecule has 0 aromatic heterocycles. The van der Waals surface area contributed by atoms with Gasteiger partial charge in [0.15, 0.2) is 6.10 Å². The molecule has 0 aliphatic carbocycles. The van der Waals surface area contributed by atoms with Crippen LogP contribution in [-0.4, -0.2) is 37.2 Å². The lowest BCUT2D eigenvalue weighted by Gasteiger charge is -2.18. The molecule has 0 radical (unpaired) electrons. The van der Waals surface area contributed by atoms with Gasteiger partial charge in [0.2, 0.25) is 0 Å². The molecule has 0 aromatic rings. The average molecular weight is 875 g/mol. The minimum Gasteiger partial charge on any atom is -0.462 e. The molecule has 1 atom stereocenters. The Morgan fingerprint density at radius 2 is 0.619 bits per heavy atom. The first kappa shape index (κ1) is 59.3. The van der Waals surface area contributed by atoms with Crippen molar-refractivity contribution in [1.29, 1.82) is 0 Å². The Bertz CT molecular complexity index is 1280. The lowest BCUT2D eigenvalue weighted by Crippen LogP contribution is -2.30. The van der Waals surface area contributed by atoms with Gasteiger partial charge in [-0.05, 0) is 116 Å². The maximum absolute atomic E-state index is 12.8. The van der Waals surface area contributed by atoms with E-state index in [4.69, 9.17) is 14.2 Å². The summed E-state index contributed by atoms with van der Waals surface area (Å²) in [4.78, 5) is 38.0. The molecule has 6 heteroatoms. The molecule has 0 aliphatic heterocycles. The molecule has 0 spiro atoms. The lowest BCUT2D eigenvalue weighted by molar-refractivity contribution is -0.167. The normalized spacial score (nSPS) is 12.9. The molecule has 0 saturated heterocycles. The predicted molar refractivity (Wildman–Crippen MR) is 270 cm³/mol. The third-order valence-corrected chi connectivity index (χ3v) is 10.6. The SMILES string of the molecule is CC/C=C\C/C=C\C/C=C\CCCCCCCCC(=O)OC(COC(=O)CCCC/C=C\C/C=C\C/C=C\CC)COC(=O)CCCCCCCCC/C=C\C/C=C\CCCCC. The Hall–Kier alpha value is -3.67. The summed E-state index contributed by atoms with van der Waals surface area (Å²) in [7, 11) is 0. The van der Waals surface area contributed by atoms with Crippen molar-refractivity contribution in [3.63, 3.8) is 0 Å². The molecule has 1 unspecified atom stereocenters. The van der Waals surface area contributed by atoms with Gasteiger partial charge in [-0.15, -0.1) is 0 Å². The minimum atomic E-state index is -0.804. The summed E-state index contributed by atoms with van der Waals surface area (Å²) in [6.45, 7) is 6.32. The maximum Gasteiger partial charge on any atom is 0.306 e. The van der Waals surface area contributed by atoms with E-state index in [9.17, 15) is 14.4 Å². The first-order chi connectivity index (χ1) is 31.0. The van der Waals surface area contributed by atoms with E-state index in [2.05, 4.69) is 118 Å². The Morgan fingerprint density at radius 1 is 0.333 bits per heavy atom. The molecular weight excluding hydrogens is 781 g/mol. The molecule has 0 amide bonds. The zero-order chi connectivity index (χ0) is 45.8. The summed E-state index contributed by atoms with van der Waals surface area (Å²) < 4.78 is 16.7. The molecular formula is C57H94O6. The van der Waals surface area contributed by atoms with Gasteiger partial charge in [0.05, 0.1) is 0 Å². The number of esters is 3. The van der Waals surface area contributed by atoms with Gasteiger partial charge in [-0.2, -0.15) is 0 Å². The predicted octanol–water partition coefficient (Wildman–Crippen LogP) is 17.0. The molecule has 0 N–H and O–H groups in total. The Morgan fingerprint density at radius 3 is 1.00 bits per heavy atom. The van der Waals surface area contributed by atoms with E-state index < -0.39 is 6.10 Å². The first-order valence-electron chi connectivity index (χ1n) is 25.7. The lowest BCUT2D eigenvalue weighted by atomic mass is 10.1. The molecule has 0 fully saturated rings. The molecule has 0 heterocycles. The van der Waals surface area contributed by atoms with Crippen LogP contribution in [0.4, 0.5) is 0 Å². The van der Waals surface area contributed by atoms with Crippen molar-refractivity contribution in [3.8, 4) is 0 Å². The summed E-state index contributed by atoms with van der Waals surface area (Å²) >= 11 is 0. The summed E-state index contributed by atoms with van der Waals surface area (Å²) in [5, 5.41) is 0. The van der Waals surface area contributed by atoms with Gasteiger partial charge in [-0.25, -0.2) is 0 Å². The highest BCUT2D eigenvalue weighted by molar-refractivity contribution is 5.71. The van der Waals surface area contributed by atoms with Crippen molar-refractivity contribution in [3.05, 3.63) is 97.2 Å². The number of carbonyl (C=O) groups excluding carboxylic acids is 3. The second-order valence-corrected chi connectivity index (χ2v) is 16.7. The fraction of sp³-hybridized carbons (Fsp3) is 0.667. The highest BCUT2D eigenvalue weighted by atomic mass is 16.6. The fourth-order valence-electron chi connectivity index (χ4n) is 6.73. The van der Waals surface area contributed by atoms with Gasteiger partial charge in [0, 0.05) is 19.3 Å². The monoisotopic (exact) mass is 875 g/mol. The highest BCUT2D eigenvalue weighted by Crippen LogP contribution is 2.13. The van der Waals surface area contributed by atoms with E-state index in [0.717, 1.165) is 122 Å². The van der Waals surface area contributed by atoms with Gasteiger partial charge in [0.1, 0.15) is 13.2 Å². The number of rotatable bonds is 45. The molecule has 0 saturated carbocycles. The van der Waals surface area contributed by atoms with Crippen molar-refractivity contribution in [1.82, 2.24) is 0 Å². The van der Waals surface area contributed by atoms with Crippen LogP contribution >= 0.6 is 0 Å². The van der Waals surface area contributed by atoms with Crippen molar-refractivity contribution in [2.24, 2.45) is 0 Å². The van der Waals surface area contributed by atoms with Crippen LogP contribution < -0.4 is 0 Å². The summed E-state index contributed by atoms with van der Waals surface area (Å²) in [6, 6.07) is 0. The van der Waals surface area contributed by atoms with Crippen LogP contribution in [0, 0.1) is 0 Å². The Balaban J connectivity index is 4.46. The van der Waals surface area contributed by atoms with Gasteiger partial charge >= 0.3 is 17.9 Å². The Kier molecular flexibility index (Phi) is 48.0. The Labute approximate surface area is 387 Å². The standard InChI is InChI=1S/C57H94O6/c1-4-7-10-13-16-19-22-25-27-29-31-32-35-38-41-44-47-50-56(59)62-53-54(52-61-55(58)49-46-43-40-37-34-24-21-18-15-12-9-6-3)63-57(60)51-48-45-42-39-36-33-30-28-26-23-20-17-14-11-8-5-2/h8-9,11-12,16-21,25-28,34,37,54H,4-7,10,13-15,22-24,29-33,35-36,38-53H2,1-3H3/b11-8-,12-9-,19-16-,20-17-,21-18-,27-25-,28-26-,37-34-. The largest absolute Gasteiger partial charge is 0.462 e. The van der Waals surface area contributed by atoms with E-state index >= 15 is 0 Å². The zero-order valence-corrected chi connectivity index (χ0v) is 40.8. The topological polar surface area (TPSA) is 78.9 Å². The van der Waals surface area contributed by atoms with E-state index in [1.54, 1.807) is 0 Å². The number of hydrogen-bond donors (Lipinski definition) is 0. The molecule has 358 valence electrons. The summed E-state index contributed by atoms with van der Waals surface area (Å²) in [5.74, 6) is -0.965. The molecule has 0 aliphatic rings.